The Hall–Kier alpha value is -0.830. The van der Waals surface area contributed by atoms with Crippen LogP contribution in [-0.4, -0.2) is 15.1 Å². The van der Waals surface area contributed by atoms with E-state index in [1.54, 1.807) is 0 Å². The second-order valence-corrected chi connectivity index (χ2v) is 2.12. The SMILES string of the molecule is CCc1n[c]c(Cl)c(O)n1. The molecule has 53 valence electrons. The summed E-state index contributed by atoms with van der Waals surface area (Å²) in [7, 11) is 0. The number of aryl methyl sites for hydroxylation is 1. The van der Waals surface area contributed by atoms with Crippen molar-refractivity contribution in [3.8, 4) is 5.88 Å². The lowest BCUT2D eigenvalue weighted by molar-refractivity contribution is 0.449. The third kappa shape index (κ3) is 1.36. The standard InChI is InChI=1S/C6H6ClN2O/c1-2-5-8-3-4(7)6(10)9-5/h2H2,1H3,(H,8,9,10). The molecule has 4 heteroatoms. The molecule has 0 unspecified atom stereocenters. The first-order chi connectivity index (χ1) is 4.74. The Labute approximate surface area is 63.7 Å². The van der Waals surface area contributed by atoms with Gasteiger partial charge in [0.1, 0.15) is 17.0 Å². The van der Waals surface area contributed by atoms with Crippen molar-refractivity contribution < 1.29 is 5.11 Å². The number of aromatic nitrogens is 2. The fourth-order valence-electron chi connectivity index (χ4n) is 0.518. The lowest BCUT2D eigenvalue weighted by Crippen LogP contribution is -1.91. The van der Waals surface area contributed by atoms with Gasteiger partial charge in [0.05, 0.1) is 0 Å². The van der Waals surface area contributed by atoms with Gasteiger partial charge < -0.3 is 5.11 Å². The van der Waals surface area contributed by atoms with Crippen LogP contribution < -0.4 is 0 Å². The van der Waals surface area contributed by atoms with E-state index in [-0.39, 0.29) is 10.9 Å². The van der Waals surface area contributed by atoms with Crippen LogP contribution in [-0.2, 0) is 6.42 Å². The van der Waals surface area contributed by atoms with Crippen LogP contribution in [0.3, 0.4) is 0 Å². The first-order valence-corrected chi connectivity index (χ1v) is 3.25. The van der Waals surface area contributed by atoms with E-state index in [0.29, 0.717) is 12.2 Å². The Morgan fingerprint density at radius 1 is 1.70 bits per heavy atom. The molecule has 0 aromatic carbocycles. The molecule has 0 amide bonds. The van der Waals surface area contributed by atoms with Gasteiger partial charge in [0.2, 0.25) is 5.88 Å². The van der Waals surface area contributed by atoms with E-state index in [9.17, 15) is 0 Å². The summed E-state index contributed by atoms with van der Waals surface area (Å²) in [6.45, 7) is 1.89. The summed E-state index contributed by atoms with van der Waals surface area (Å²) in [6, 6.07) is 0. The maximum atomic E-state index is 8.92. The molecular weight excluding hydrogens is 152 g/mol. The van der Waals surface area contributed by atoms with Gasteiger partial charge >= 0.3 is 0 Å². The molecule has 1 aromatic heterocycles. The third-order valence-corrected chi connectivity index (χ3v) is 1.28. The molecule has 1 rings (SSSR count). The number of halogens is 1. The van der Waals surface area contributed by atoms with Crippen molar-refractivity contribution in [3.63, 3.8) is 0 Å². The summed E-state index contributed by atoms with van der Waals surface area (Å²) in [4.78, 5) is 7.40. The summed E-state index contributed by atoms with van der Waals surface area (Å²) < 4.78 is 0. The summed E-state index contributed by atoms with van der Waals surface area (Å²) in [5.74, 6) is 0.343. The maximum Gasteiger partial charge on any atom is 0.234 e. The lowest BCUT2D eigenvalue weighted by atomic mass is 10.4. The highest BCUT2D eigenvalue weighted by atomic mass is 35.5. The predicted molar refractivity (Wildman–Crippen MR) is 36.9 cm³/mol. The molecule has 0 aliphatic carbocycles. The normalized spacial score (nSPS) is 9.80. The van der Waals surface area contributed by atoms with E-state index >= 15 is 0 Å². The monoisotopic (exact) mass is 157 g/mol. The number of rotatable bonds is 1. The molecule has 0 bridgehead atoms. The predicted octanol–water partition coefficient (Wildman–Crippen LogP) is 1.20. The van der Waals surface area contributed by atoms with Gasteiger partial charge in [-0.15, -0.1) is 0 Å². The van der Waals surface area contributed by atoms with E-state index in [0.717, 1.165) is 0 Å². The number of hydrogen-bond donors (Lipinski definition) is 1. The van der Waals surface area contributed by atoms with E-state index in [1.165, 1.54) is 0 Å². The summed E-state index contributed by atoms with van der Waals surface area (Å²) in [5.41, 5.74) is 0. The van der Waals surface area contributed by atoms with E-state index in [1.807, 2.05) is 6.92 Å². The zero-order valence-corrected chi connectivity index (χ0v) is 6.18. The van der Waals surface area contributed by atoms with E-state index < -0.39 is 0 Å². The molecule has 0 spiro atoms. The minimum Gasteiger partial charge on any atom is -0.492 e. The van der Waals surface area contributed by atoms with Crippen molar-refractivity contribution in [2.45, 2.75) is 13.3 Å². The van der Waals surface area contributed by atoms with Gasteiger partial charge in [-0.05, 0) is 0 Å². The molecule has 0 saturated heterocycles. The van der Waals surface area contributed by atoms with Gasteiger partial charge in [-0.2, -0.15) is 4.98 Å². The van der Waals surface area contributed by atoms with Gasteiger partial charge in [-0.1, -0.05) is 18.5 Å². The molecular formula is C6H6ClN2O. The number of hydrogen-bond acceptors (Lipinski definition) is 3. The minimum atomic E-state index is -0.200. The largest absolute Gasteiger partial charge is 0.492 e. The van der Waals surface area contributed by atoms with Gasteiger partial charge in [0.15, 0.2) is 0 Å². The summed E-state index contributed by atoms with van der Waals surface area (Å²) in [5, 5.41) is 8.98. The van der Waals surface area contributed by atoms with E-state index in [2.05, 4.69) is 16.2 Å². The third-order valence-electron chi connectivity index (χ3n) is 1.03. The van der Waals surface area contributed by atoms with Crippen LogP contribution in [0.25, 0.3) is 0 Å². The lowest BCUT2D eigenvalue weighted by Gasteiger charge is -1.95. The number of nitrogens with zero attached hydrogens (tertiary/aromatic N) is 2. The van der Waals surface area contributed by atoms with Gasteiger partial charge in [0, 0.05) is 6.42 Å². The van der Waals surface area contributed by atoms with Crippen molar-refractivity contribution in [3.05, 3.63) is 17.0 Å². The average molecular weight is 158 g/mol. The summed E-state index contributed by atoms with van der Waals surface area (Å²) >= 11 is 5.41. The Morgan fingerprint density at radius 3 is 2.90 bits per heavy atom. The average Bonchev–Trinajstić information content (AvgIpc) is 1.95. The molecule has 1 heterocycles. The van der Waals surface area contributed by atoms with Crippen molar-refractivity contribution in [2.75, 3.05) is 0 Å². The second-order valence-electron chi connectivity index (χ2n) is 1.74. The highest BCUT2D eigenvalue weighted by molar-refractivity contribution is 6.31. The van der Waals surface area contributed by atoms with Crippen LogP contribution in [0.1, 0.15) is 12.7 Å². The Morgan fingerprint density at radius 2 is 2.40 bits per heavy atom. The number of aromatic hydroxyl groups is 1. The fraction of sp³-hybridized carbons (Fsp3) is 0.333. The molecule has 1 N–H and O–H groups in total. The Balaban J connectivity index is 3.04. The Kier molecular flexibility index (Phi) is 2.06. The summed E-state index contributed by atoms with van der Waals surface area (Å²) in [6.07, 6.45) is 3.09. The maximum absolute atomic E-state index is 8.92. The fourth-order valence-corrected chi connectivity index (χ4v) is 0.603. The van der Waals surface area contributed by atoms with Crippen molar-refractivity contribution in [1.82, 2.24) is 9.97 Å². The van der Waals surface area contributed by atoms with Crippen LogP contribution >= 0.6 is 11.6 Å². The molecule has 0 atom stereocenters. The molecule has 3 nitrogen and oxygen atoms in total. The molecule has 0 aliphatic rings. The quantitative estimate of drug-likeness (QED) is 0.666. The first kappa shape index (κ1) is 7.28. The first-order valence-electron chi connectivity index (χ1n) is 2.87. The second kappa shape index (κ2) is 2.84. The van der Waals surface area contributed by atoms with Gasteiger partial charge in [0.25, 0.3) is 0 Å². The van der Waals surface area contributed by atoms with Crippen LogP contribution in [0, 0.1) is 6.20 Å². The molecule has 0 fully saturated rings. The van der Waals surface area contributed by atoms with Crippen molar-refractivity contribution in [2.24, 2.45) is 0 Å². The smallest absolute Gasteiger partial charge is 0.234 e. The topological polar surface area (TPSA) is 46.0 Å². The van der Waals surface area contributed by atoms with E-state index in [4.69, 9.17) is 16.7 Å². The van der Waals surface area contributed by atoms with Crippen LogP contribution in [0.5, 0.6) is 5.88 Å². The molecule has 1 radical (unpaired) electrons. The highest BCUT2D eigenvalue weighted by Crippen LogP contribution is 2.17. The van der Waals surface area contributed by atoms with Crippen molar-refractivity contribution in [1.29, 1.82) is 0 Å². The molecule has 10 heavy (non-hydrogen) atoms. The zero-order chi connectivity index (χ0) is 7.56. The zero-order valence-electron chi connectivity index (χ0n) is 5.43. The molecule has 0 aliphatic heterocycles. The van der Waals surface area contributed by atoms with Crippen LogP contribution in [0.4, 0.5) is 0 Å². The molecule has 1 aromatic rings. The van der Waals surface area contributed by atoms with Crippen LogP contribution in [0.2, 0.25) is 5.02 Å². The van der Waals surface area contributed by atoms with Gasteiger partial charge in [-0.3, -0.25) is 0 Å². The minimum absolute atomic E-state index is 0.0669. The van der Waals surface area contributed by atoms with Gasteiger partial charge in [-0.25, -0.2) is 4.98 Å². The molecule has 0 saturated carbocycles. The Bertz CT molecular complexity index is 239. The van der Waals surface area contributed by atoms with Crippen molar-refractivity contribution >= 4 is 11.6 Å². The van der Waals surface area contributed by atoms with Crippen LogP contribution in [0.15, 0.2) is 0 Å². The highest BCUT2D eigenvalue weighted by Gasteiger charge is 2.00.